The number of nitrogens with one attached hydrogen (secondary N) is 1. The second-order valence-electron chi connectivity index (χ2n) is 7.01. The Morgan fingerprint density at radius 3 is 2.84 bits per heavy atom. The Balaban J connectivity index is 2.19. The number of hydrazine groups is 1. The second kappa shape index (κ2) is 12.7. The van der Waals surface area contributed by atoms with E-state index in [4.69, 9.17) is 9.47 Å². The van der Waals surface area contributed by atoms with Crippen LogP contribution in [0.5, 0.6) is 0 Å². The maximum absolute atomic E-state index is 14.6. The van der Waals surface area contributed by atoms with Gasteiger partial charge in [-0.2, -0.15) is 0 Å². The molecule has 1 unspecified atom stereocenters. The maximum atomic E-state index is 14.6. The highest BCUT2D eigenvalue weighted by atomic mass is 19.1. The number of ether oxygens (including phenoxy) is 2. The van der Waals surface area contributed by atoms with E-state index in [2.05, 4.69) is 23.1 Å². The topological polar surface area (TPSA) is 46.6 Å². The average molecular weight is 426 g/mol. The van der Waals surface area contributed by atoms with E-state index in [-0.39, 0.29) is 6.42 Å². The van der Waals surface area contributed by atoms with Gasteiger partial charge >= 0.3 is 0 Å². The molecule has 1 aromatic rings. The molecule has 1 N–H and O–H groups in total. The van der Waals surface area contributed by atoms with Crippen LogP contribution in [0.15, 0.2) is 90.0 Å². The number of hydrogen-bond donors (Lipinski definition) is 1. The first kappa shape index (κ1) is 24.3. The summed E-state index contributed by atoms with van der Waals surface area (Å²) in [5.41, 5.74) is 7.31. The van der Waals surface area contributed by atoms with Gasteiger partial charge in [0.15, 0.2) is 0 Å². The fourth-order valence-corrected chi connectivity index (χ4v) is 3.13. The molecule has 1 aliphatic carbocycles. The lowest BCUT2D eigenvalue weighted by Crippen LogP contribution is -2.35. The fraction of sp³-hybridized carbons (Fsp3) is 0.320. The smallest absolute Gasteiger partial charge is 0.125 e. The first-order valence-corrected chi connectivity index (χ1v) is 10.2. The lowest BCUT2D eigenvalue weighted by molar-refractivity contribution is 0.234. The number of allylic oxidation sites excluding steroid dienone is 6. The summed E-state index contributed by atoms with van der Waals surface area (Å²) in [6, 6.07) is 5.81. The number of rotatable bonds is 11. The minimum atomic E-state index is -1.11. The van der Waals surface area contributed by atoms with Gasteiger partial charge in [-0.1, -0.05) is 30.9 Å². The molecule has 1 aliphatic rings. The molecule has 1 heterocycles. The van der Waals surface area contributed by atoms with E-state index in [9.17, 15) is 4.39 Å². The summed E-state index contributed by atoms with van der Waals surface area (Å²) in [7, 11) is 5.03. The van der Waals surface area contributed by atoms with Crippen LogP contribution in [0.2, 0.25) is 0 Å². The van der Waals surface area contributed by atoms with Crippen molar-refractivity contribution < 1.29 is 13.9 Å². The highest BCUT2D eigenvalue weighted by Gasteiger charge is 2.21. The lowest BCUT2D eigenvalue weighted by atomic mass is 9.94. The summed E-state index contributed by atoms with van der Waals surface area (Å²) in [6.07, 6.45) is 12.1. The van der Waals surface area contributed by atoms with Crippen LogP contribution >= 0.6 is 0 Å². The Morgan fingerprint density at radius 2 is 2.19 bits per heavy atom. The van der Waals surface area contributed by atoms with Crippen LogP contribution in [0.1, 0.15) is 19.0 Å². The quantitative estimate of drug-likeness (QED) is 0.315. The van der Waals surface area contributed by atoms with Gasteiger partial charge in [0, 0.05) is 32.3 Å². The molecule has 0 aromatic carbocycles. The minimum Gasteiger partial charge on any atom is -0.496 e. The second-order valence-corrected chi connectivity index (χ2v) is 7.01. The third-order valence-corrected chi connectivity index (χ3v) is 4.87. The molecule has 31 heavy (non-hydrogen) atoms. The van der Waals surface area contributed by atoms with E-state index in [0.717, 1.165) is 22.5 Å². The Morgan fingerprint density at radius 1 is 1.39 bits per heavy atom. The molecule has 0 spiro atoms. The first-order valence-electron chi connectivity index (χ1n) is 10.2. The lowest BCUT2D eigenvalue weighted by Gasteiger charge is -2.28. The normalized spacial score (nSPS) is 17.4. The predicted octanol–water partition coefficient (Wildman–Crippen LogP) is 4.76. The molecule has 166 valence electrons. The fourth-order valence-electron chi connectivity index (χ4n) is 3.13. The van der Waals surface area contributed by atoms with Crippen LogP contribution in [0.25, 0.3) is 5.57 Å². The van der Waals surface area contributed by atoms with Gasteiger partial charge in [-0.15, -0.1) is 0 Å². The average Bonchev–Trinajstić information content (AvgIpc) is 2.79. The van der Waals surface area contributed by atoms with Crippen molar-refractivity contribution in [3.05, 3.63) is 95.7 Å². The molecule has 0 saturated heterocycles. The van der Waals surface area contributed by atoms with Crippen molar-refractivity contribution in [1.29, 1.82) is 0 Å². The maximum Gasteiger partial charge on any atom is 0.125 e. The predicted molar refractivity (Wildman–Crippen MR) is 125 cm³/mol. The summed E-state index contributed by atoms with van der Waals surface area (Å²) in [5.74, 6) is 0.592. The zero-order chi connectivity index (χ0) is 22.6. The summed E-state index contributed by atoms with van der Waals surface area (Å²) in [5, 5.41) is 1.89. The van der Waals surface area contributed by atoms with E-state index in [1.807, 2.05) is 61.5 Å². The van der Waals surface area contributed by atoms with Crippen molar-refractivity contribution in [3.8, 4) is 0 Å². The van der Waals surface area contributed by atoms with Crippen molar-refractivity contribution in [2.24, 2.45) is 0 Å². The Hall–Kier alpha value is -2.96. The molecule has 6 heteroatoms. The van der Waals surface area contributed by atoms with E-state index < -0.39 is 6.17 Å². The van der Waals surface area contributed by atoms with E-state index in [1.54, 1.807) is 26.5 Å². The van der Waals surface area contributed by atoms with Crippen LogP contribution in [0.4, 0.5) is 4.39 Å². The molecule has 0 aliphatic heterocycles. The largest absolute Gasteiger partial charge is 0.496 e. The molecule has 1 atom stereocenters. The van der Waals surface area contributed by atoms with Gasteiger partial charge in [0.2, 0.25) is 0 Å². The number of alkyl halides is 1. The van der Waals surface area contributed by atoms with Crippen molar-refractivity contribution in [2.45, 2.75) is 19.5 Å². The molecular weight excluding hydrogens is 393 g/mol. The number of pyridine rings is 1. The van der Waals surface area contributed by atoms with Crippen LogP contribution in [-0.2, 0) is 9.47 Å². The monoisotopic (exact) mass is 425 g/mol. The number of halogens is 1. The molecule has 5 nitrogen and oxygen atoms in total. The molecule has 0 bridgehead atoms. The van der Waals surface area contributed by atoms with Gasteiger partial charge in [0.25, 0.3) is 0 Å². The molecule has 0 saturated carbocycles. The standard InChI is InChI=1S/C25H32FN3O2/c1-19(24-10-6-8-13-28-24)12-14-29(27-3)23-17-21(16-22(26)18-23)20(2)25(31-5)11-7-9-15-30-4/h6-13,17-18,22,27H,2,14-16H2,1,3-5H3/b9-7-,19-12+,25-11+. The Kier molecular flexibility index (Phi) is 9.94. The molecule has 2 rings (SSSR count). The van der Waals surface area contributed by atoms with Crippen LogP contribution in [0, 0.1) is 0 Å². The molecule has 0 radical (unpaired) electrons. The molecular formula is C25H32FN3O2. The van der Waals surface area contributed by atoms with Crippen LogP contribution < -0.4 is 5.43 Å². The summed E-state index contributed by atoms with van der Waals surface area (Å²) >= 11 is 0. The zero-order valence-corrected chi connectivity index (χ0v) is 18.8. The third kappa shape index (κ3) is 7.35. The van der Waals surface area contributed by atoms with E-state index in [0.29, 0.717) is 24.5 Å². The first-order chi connectivity index (χ1) is 15.0. The zero-order valence-electron chi connectivity index (χ0n) is 18.8. The molecule has 0 amide bonds. The number of hydrogen-bond acceptors (Lipinski definition) is 5. The molecule has 0 fully saturated rings. The minimum absolute atomic E-state index is 0.255. The van der Waals surface area contributed by atoms with Crippen molar-refractivity contribution in [2.75, 3.05) is 34.4 Å². The van der Waals surface area contributed by atoms with Crippen molar-refractivity contribution in [3.63, 3.8) is 0 Å². The van der Waals surface area contributed by atoms with Gasteiger partial charge in [0.05, 0.1) is 31.7 Å². The van der Waals surface area contributed by atoms with Crippen LogP contribution in [0.3, 0.4) is 0 Å². The van der Waals surface area contributed by atoms with E-state index in [1.165, 1.54) is 0 Å². The third-order valence-electron chi connectivity index (χ3n) is 4.87. The highest BCUT2D eigenvalue weighted by molar-refractivity contribution is 5.60. The number of nitrogens with zero attached hydrogens (tertiary/aromatic N) is 2. The summed E-state index contributed by atoms with van der Waals surface area (Å²) < 4.78 is 25.1. The van der Waals surface area contributed by atoms with Gasteiger partial charge < -0.3 is 14.5 Å². The Bertz CT molecular complexity index is 885. The summed E-state index contributed by atoms with van der Waals surface area (Å²) in [6.45, 7) is 7.21. The number of methoxy groups -OCH3 is 2. The SMILES string of the molecule is C=C(C1=CC(N(C/C=C(\C)c2ccccn2)NC)=CC(F)C1)/C(=C\C=C/COC)OC. The molecule has 1 aromatic heterocycles. The van der Waals surface area contributed by atoms with Gasteiger partial charge in [0.1, 0.15) is 11.9 Å². The number of aromatic nitrogens is 1. The summed E-state index contributed by atoms with van der Waals surface area (Å²) in [4.78, 5) is 4.37. The Labute approximate surface area is 184 Å². The van der Waals surface area contributed by atoms with Gasteiger partial charge in [-0.25, -0.2) is 9.82 Å². The van der Waals surface area contributed by atoms with Crippen molar-refractivity contribution in [1.82, 2.24) is 15.4 Å². The van der Waals surface area contributed by atoms with Crippen LogP contribution in [-0.4, -0.2) is 50.6 Å². The van der Waals surface area contributed by atoms with Crippen molar-refractivity contribution >= 4 is 5.57 Å². The van der Waals surface area contributed by atoms with E-state index >= 15 is 0 Å². The highest BCUT2D eigenvalue weighted by Crippen LogP contribution is 2.30. The van der Waals surface area contributed by atoms with Gasteiger partial charge in [-0.05, 0) is 48.4 Å². The van der Waals surface area contributed by atoms with Gasteiger partial charge in [-0.3, -0.25) is 4.98 Å².